The molecule has 0 spiro atoms. The molecule has 0 unspecified atom stereocenters. The smallest absolute Gasteiger partial charge is 0.250 e. The molecular weight excluding hydrogens is 448 g/mol. The maximum absolute atomic E-state index is 11.9. The van der Waals surface area contributed by atoms with Gasteiger partial charge in [-0.2, -0.15) is 0 Å². The maximum Gasteiger partial charge on any atom is 0.250 e. The Kier molecular flexibility index (Phi) is 6.53. The Labute approximate surface area is 209 Å². The van der Waals surface area contributed by atoms with Gasteiger partial charge < -0.3 is 15.6 Å². The van der Waals surface area contributed by atoms with Crippen LogP contribution in [0.15, 0.2) is 103 Å². The maximum atomic E-state index is 11.9. The molecule has 3 heterocycles. The highest BCUT2D eigenvalue weighted by Crippen LogP contribution is 2.19. The van der Waals surface area contributed by atoms with E-state index >= 15 is 0 Å². The molecule has 36 heavy (non-hydrogen) atoms. The van der Waals surface area contributed by atoms with Gasteiger partial charge in [0.05, 0.1) is 12.1 Å². The molecule has 0 saturated carbocycles. The summed E-state index contributed by atoms with van der Waals surface area (Å²) in [6.07, 6.45) is 5.79. The van der Waals surface area contributed by atoms with Gasteiger partial charge in [0.2, 0.25) is 0 Å². The third-order valence-electron chi connectivity index (χ3n) is 6.06. The van der Waals surface area contributed by atoms with E-state index in [1.54, 1.807) is 22.9 Å². The zero-order chi connectivity index (χ0) is 24.9. The minimum atomic E-state index is -0.00397. The lowest BCUT2D eigenvalue weighted by Crippen LogP contribution is -2.18. The normalized spacial score (nSPS) is 10.9. The highest BCUT2D eigenvalue weighted by atomic mass is 16.1. The average Bonchev–Trinajstić information content (AvgIpc) is 2.90. The fourth-order valence-corrected chi connectivity index (χ4v) is 4.07. The fourth-order valence-electron chi connectivity index (χ4n) is 4.07. The zero-order valence-electron chi connectivity index (χ0n) is 19.8. The molecule has 0 fully saturated rings. The standard InChI is InChI=1S/C29H26N6O/c1-20(32-17-23-9-10-26-27(15-23)33-19-34-29(26)30)24-11-12-31-25(16-24)14-21-5-7-22(8-6-21)18-35-13-3-2-4-28(35)36/h2-13,15-16,19,32H,1,14,17-18H2,(H2,30,33,34). The van der Waals surface area contributed by atoms with Crippen LogP contribution in [0.3, 0.4) is 0 Å². The third kappa shape index (κ3) is 5.31. The summed E-state index contributed by atoms with van der Waals surface area (Å²) in [5, 5.41) is 4.24. The van der Waals surface area contributed by atoms with E-state index in [1.165, 1.54) is 6.33 Å². The number of hydrogen-bond acceptors (Lipinski definition) is 6. The Hall–Kier alpha value is -4.78. The Balaban J connectivity index is 1.22. The molecular formula is C29H26N6O. The molecule has 5 rings (SSSR count). The number of nitrogens with two attached hydrogens (primary N) is 1. The first-order chi connectivity index (χ1) is 17.5. The van der Waals surface area contributed by atoms with Gasteiger partial charge in [0, 0.05) is 53.8 Å². The molecule has 7 nitrogen and oxygen atoms in total. The molecule has 5 aromatic rings. The molecule has 0 saturated heterocycles. The molecule has 178 valence electrons. The van der Waals surface area contributed by atoms with E-state index in [4.69, 9.17) is 5.73 Å². The molecule has 0 atom stereocenters. The second-order valence-corrected chi connectivity index (χ2v) is 8.64. The van der Waals surface area contributed by atoms with E-state index in [1.807, 2.05) is 36.5 Å². The lowest BCUT2D eigenvalue weighted by atomic mass is 10.0. The van der Waals surface area contributed by atoms with Crippen LogP contribution in [0.5, 0.6) is 0 Å². The van der Waals surface area contributed by atoms with E-state index < -0.39 is 0 Å². The number of pyridine rings is 2. The minimum absolute atomic E-state index is 0.00397. The first-order valence-corrected chi connectivity index (χ1v) is 11.7. The zero-order valence-corrected chi connectivity index (χ0v) is 19.8. The first kappa shape index (κ1) is 23.0. The van der Waals surface area contributed by atoms with Crippen molar-refractivity contribution >= 4 is 22.4 Å². The number of rotatable bonds is 8. The van der Waals surface area contributed by atoms with Crippen LogP contribution >= 0.6 is 0 Å². The second-order valence-electron chi connectivity index (χ2n) is 8.64. The van der Waals surface area contributed by atoms with Crippen molar-refractivity contribution in [1.29, 1.82) is 0 Å². The Morgan fingerprint density at radius 2 is 1.72 bits per heavy atom. The van der Waals surface area contributed by atoms with Crippen LogP contribution in [0.25, 0.3) is 16.6 Å². The predicted molar refractivity (Wildman–Crippen MR) is 143 cm³/mol. The highest BCUT2D eigenvalue weighted by Gasteiger charge is 2.06. The van der Waals surface area contributed by atoms with Gasteiger partial charge in [-0.3, -0.25) is 9.78 Å². The van der Waals surface area contributed by atoms with Crippen molar-refractivity contribution in [2.75, 3.05) is 5.73 Å². The molecule has 0 amide bonds. The second kappa shape index (κ2) is 10.2. The van der Waals surface area contributed by atoms with E-state index in [0.717, 1.165) is 44.5 Å². The van der Waals surface area contributed by atoms with E-state index in [-0.39, 0.29) is 5.56 Å². The van der Waals surface area contributed by atoms with Crippen LogP contribution in [-0.4, -0.2) is 19.5 Å². The van der Waals surface area contributed by atoms with Crippen molar-refractivity contribution in [2.45, 2.75) is 19.5 Å². The van der Waals surface area contributed by atoms with Crippen LogP contribution in [0.2, 0.25) is 0 Å². The van der Waals surface area contributed by atoms with Crippen molar-refractivity contribution in [3.05, 3.63) is 136 Å². The summed E-state index contributed by atoms with van der Waals surface area (Å²) in [5.41, 5.74) is 12.8. The summed E-state index contributed by atoms with van der Waals surface area (Å²) in [4.78, 5) is 24.8. The van der Waals surface area contributed by atoms with Crippen molar-refractivity contribution < 1.29 is 0 Å². The van der Waals surface area contributed by atoms with Crippen molar-refractivity contribution in [2.24, 2.45) is 0 Å². The van der Waals surface area contributed by atoms with Crippen molar-refractivity contribution in [3.63, 3.8) is 0 Å². The van der Waals surface area contributed by atoms with E-state index in [0.29, 0.717) is 25.3 Å². The van der Waals surface area contributed by atoms with Gasteiger partial charge in [0.15, 0.2) is 0 Å². The van der Waals surface area contributed by atoms with E-state index in [9.17, 15) is 4.79 Å². The van der Waals surface area contributed by atoms with Crippen LogP contribution in [-0.2, 0) is 19.5 Å². The molecule has 3 aromatic heterocycles. The van der Waals surface area contributed by atoms with Gasteiger partial charge in [-0.1, -0.05) is 43.0 Å². The SMILES string of the molecule is C=C(NCc1ccc2c(N)ncnc2c1)c1ccnc(Cc2ccc(Cn3ccccc3=O)cc2)c1. The first-order valence-electron chi connectivity index (χ1n) is 11.7. The van der Waals surface area contributed by atoms with Crippen LogP contribution < -0.4 is 16.6 Å². The number of benzene rings is 2. The van der Waals surface area contributed by atoms with Crippen LogP contribution in [0.1, 0.15) is 27.9 Å². The van der Waals surface area contributed by atoms with Crippen LogP contribution in [0.4, 0.5) is 5.82 Å². The number of aromatic nitrogens is 4. The summed E-state index contributed by atoms with van der Waals surface area (Å²) in [6, 6.07) is 23.4. The summed E-state index contributed by atoms with van der Waals surface area (Å²) in [6.45, 7) is 5.38. The lowest BCUT2D eigenvalue weighted by Gasteiger charge is -2.12. The van der Waals surface area contributed by atoms with E-state index in [2.05, 4.69) is 57.2 Å². The number of nitrogens with zero attached hydrogens (tertiary/aromatic N) is 4. The molecule has 7 heteroatoms. The number of nitrogens with one attached hydrogen (secondary N) is 1. The monoisotopic (exact) mass is 474 g/mol. The number of nitrogen functional groups attached to an aromatic ring is 1. The minimum Gasteiger partial charge on any atom is -0.383 e. The summed E-state index contributed by atoms with van der Waals surface area (Å²) < 4.78 is 1.69. The number of anilines is 1. The predicted octanol–water partition coefficient (Wildman–Crippen LogP) is 4.17. The Morgan fingerprint density at radius 1 is 0.917 bits per heavy atom. The molecule has 0 radical (unpaired) electrons. The quantitative estimate of drug-likeness (QED) is 0.350. The van der Waals surface area contributed by atoms with Gasteiger partial charge in [0.25, 0.3) is 5.56 Å². The molecule has 0 bridgehead atoms. The largest absolute Gasteiger partial charge is 0.383 e. The lowest BCUT2D eigenvalue weighted by molar-refractivity contribution is 0.759. The Bertz CT molecular complexity index is 1590. The van der Waals surface area contributed by atoms with Crippen molar-refractivity contribution in [3.8, 4) is 0 Å². The van der Waals surface area contributed by atoms with Crippen LogP contribution in [0, 0.1) is 0 Å². The fraction of sp³-hybridized carbons (Fsp3) is 0.103. The molecule has 2 aromatic carbocycles. The molecule has 0 aliphatic rings. The Morgan fingerprint density at radius 3 is 2.56 bits per heavy atom. The molecule has 0 aliphatic carbocycles. The van der Waals surface area contributed by atoms with Gasteiger partial charge >= 0.3 is 0 Å². The van der Waals surface area contributed by atoms with Crippen molar-refractivity contribution in [1.82, 2.24) is 24.8 Å². The van der Waals surface area contributed by atoms with Gasteiger partial charge in [-0.25, -0.2) is 9.97 Å². The summed E-state index contributed by atoms with van der Waals surface area (Å²) >= 11 is 0. The topological polar surface area (TPSA) is 98.7 Å². The third-order valence-corrected chi connectivity index (χ3v) is 6.06. The average molecular weight is 475 g/mol. The molecule has 0 aliphatic heterocycles. The number of fused-ring (bicyclic) bond motifs is 1. The summed E-state index contributed by atoms with van der Waals surface area (Å²) in [7, 11) is 0. The number of hydrogen-bond donors (Lipinski definition) is 2. The van der Waals surface area contributed by atoms with Gasteiger partial charge in [-0.15, -0.1) is 0 Å². The molecule has 3 N–H and O–H groups in total. The van der Waals surface area contributed by atoms with Gasteiger partial charge in [0.1, 0.15) is 12.1 Å². The highest BCUT2D eigenvalue weighted by molar-refractivity contribution is 5.88. The van der Waals surface area contributed by atoms with Gasteiger partial charge in [-0.05, 0) is 47.0 Å². The summed E-state index contributed by atoms with van der Waals surface area (Å²) in [5.74, 6) is 0.481.